The minimum Gasteiger partial charge on any atom is -0.481 e. The van der Waals surface area contributed by atoms with E-state index in [0.717, 1.165) is 10.6 Å². The maximum atomic E-state index is 13.8. The van der Waals surface area contributed by atoms with Gasteiger partial charge in [-0.3, -0.25) is 4.79 Å². The van der Waals surface area contributed by atoms with Crippen molar-refractivity contribution in [1.82, 2.24) is 4.98 Å². The van der Waals surface area contributed by atoms with E-state index in [1.165, 1.54) is 17.4 Å². The fourth-order valence-electron chi connectivity index (χ4n) is 2.99. The summed E-state index contributed by atoms with van der Waals surface area (Å²) in [4.78, 5) is 17.2. The zero-order chi connectivity index (χ0) is 14.3. The molecule has 1 aromatic heterocycles. The van der Waals surface area contributed by atoms with Crippen molar-refractivity contribution in [3.05, 3.63) is 51.2 Å². The van der Waals surface area contributed by atoms with Crippen LogP contribution < -0.4 is 0 Å². The number of hydrogen-bond donors (Lipinski definition) is 1. The number of carbonyl (C=O) groups is 1. The number of aryl methyl sites for hydroxylation is 1. The number of carboxylic acid groups (broad SMARTS) is 1. The average molecular weight is 291 g/mol. The Kier molecular flexibility index (Phi) is 3.09. The van der Waals surface area contributed by atoms with E-state index in [0.29, 0.717) is 30.4 Å². The number of hydrogen-bond acceptors (Lipinski definition) is 3. The molecule has 0 saturated carbocycles. The minimum atomic E-state index is -1.04. The Morgan fingerprint density at radius 3 is 3.05 bits per heavy atom. The second-order valence-electron chi connectivity index (χ2n) is 5.20. The molecular formula is C15H14FNO2S. The predicted octanol–water partition coefficient (Wildman–Crippen LogP) is 3.10. The molecule has 104 valence electrons. The molecule has 3 rings (SSSR count). The summed E-state index contributed by atoms with van der Waals surface area (Å²) in [5.74, 6) is -1.23. The Hall–Kier alpha value is -1.75. The number of carboxylic acids is 1. The van der Waals surface area contributed by atoms with E-state index in [-0.39, 0.29) is 5.82 Å². The lowest BCUT2D eigenvalue weighted by atomic mass is 9.69. The smallest absolute Gasteiger partial charge is 0.314 e. The van der Waals surface area contributed by atoms with Gasteiger partial charge in [0.05, 0.1) is 16.6 Å². The molecule has 20 heavy (non-hydrogen) atoms. The molecule has 1 aliphatic carbocycles. The predicted molar refractivity (Wildman–Crippen MR) is 74.6 cm³/mol. The van der Waals surface area contributed by atoms with E-state index < -0.39 is 11.4 Å². The second-order valence-corrected chi connectivity index (χ2v) is 6.14. The highest BCUT2D eigenvalue weighted by molar-refractivity contribution is 7.09. The van der Waals surface area contributed by atoms with Crippen LogP contribution in [0.3, 0.4) is 0 Å². The van der Waals surface area contributed by atoms with Gasteiger partial charge in [-0.25, -0.2) is 9.37 Å². The molecule has 2 aromatic rings. The van der Waals surface area contributed by atoms with Crippen LogP contribution in [0.1, 0.15) is 28.1 Å². The number of fused-ring (bicyclic) bond motifs is 1. The van der Waals surface area contributed by atoms with Gasteiger partial charge in [0, 0.05) is 11.3 Å². The maximum absolute atomic E-state index is 13.8. The summed E-state index contributed by atoms with van der Waals surface area (Å²) >= 11 is 1.48. The van der Waals surface area contributed by atoms with Crippen LogP contribution >= 0.6 is 11.3 Å². The summed E-state index contributed by atoms with van der Waals surface area (Å²) in [6.45, 7) is 1.65. The quantitative estimate of drug-likeness (QED) is 0.925. The van der Waals surface area contributed by atoms with Gasteiger partial charge in [0.15, 0.2) is 0 Å². The average Bonchev–Trinajstić information content (AvgIpc) is 2.88. The van der Waals surface area contributed by atoms with Crippen LogP contribution in [0, 0.1) is 12.7 Å². The molecule has 0 amide bonds. The SMILES string of the molecule is Cc1c(F)cccc1C1(C(=O)O)CCc2ncsc2C1. The zero-order valence-corrected chi connectivity index (χ0v) is 11.8. The standard InChI is InChI=1S/C15H14FNO2S/c1-9-10(3-2-4-11(9)16)15(14(18)19)6-5-12-13(7-15)20-8-17-12/h2-4,8H,5-7H2,1H3,(H,18,19). The van der Waals surface area contributed by atoms with Crippen molar-refractivity contribution < 1.29 is 14.3 Å². The van der Waals surface area contributed by atoms with Crippen LogP contribution in [-0.2, 0) is 23.1 Å². The third-order valence-electron chi connectivity index (χ3n) is 4.17. The lowest BCUT2D eigenvalue weighted by Crippen LogP contribution is -2.41. The second kappa shape index (κ2) is 4.66. The monoisotopic (exact) mass is 291 g/mol. The third-order valence-corrected chi connectivity index (χ3v) is 5.04. The van der Waals surface area contributed by atoms with Crippen molar-refractivity contribution in [1.29, 1.82) is 0 Å². The molecule has 3 nitrogen and oxygen atoms in total. The van der Waals surface area contributed by atoms with Gasteiger partial charge in [0.2, 0.25) is 0 Å². The molecule has 0 bridgehead atoms. The molecular weight excluding hydrogens is 277 g/mol. The Morgan fingerprint density at radius 2 is 2.30 bits per heavy atom. The number of rotatable bonds is 2. The molecule has 1 N–H and O–H groups in total. The third kappa shape index (κ3) is 1.85. The van der Waals surface area contributed by atoms with Crippen LogP contribution in [0.15, 0.2) is 23.7 Å². The normalized spacial score (nSPS) is 21.5. The van der Waals surface area contributed by atoms with Gasteiger partial charge in [-0.05, 0) is 37.0 Å². The van der Waals surface area contributed by atoms with Gasteiger partial charge >= 0.3 is 5.97 Å². The molecule has 0 aliphatic heterocycles. The first-order valence-electron chi connectivity index (χ1n) is 6.45. The summed E-state index contributed by atoms with van der Waals surface area (Å²) in [7, 11) is 0. The lowest BCUT2D eigenvalue weighted by molar-refractivity contribution is -0.144. The van der Waals surface area contributed by atoms with E-state index >= 15 is 0 Å². The van der Waals surface area contributed by atoms with Crippen LogP contribution in [0.5, 0.6) is 0 Å². The molecule has 0 saturated heterocycles. The number of thiazole rings is 1. The van der Waals surface area contributed by atoms with Crippen LogP contribution in [0.4, 0.5) is 4.39 Å². The zero-order valence-electron chi connectivity index (χ0n) is 11.0. The molecule has 1 unspecified atom stereocenters. The van der Waals surface area contributed by atoms with Gasteiger partial charge < -0.3 is 5.11 Å². The first-order valence-corrected chi connectivity index (χ1v) is 7.33. The van der Waals surface area contributed by atoms with Crippen LogP contribution in [0.2, 0.25) is 0 Å². The summed E-state index contributed by atoms with van der Waals surface area (Å²) in [5.41, 5.74) is 2.72. The highest BCUT2D eigenvalue weighted by atomic mass is 32.1. The molecule has 1 atom stereocenters. The fraction of sp³-hybridized carbons (Fsp3) is 0.333. The highest BCUT2D eigenvalue weighted by Gasteiger charge is 2.45. The van der Waals surface area contributed by atoms with E-state index in [1.807, 2.05) is 0 Å². The Bertz CT molecular complexity index is 682. The lowest BCUT2D eigenvalue weighted by Gasteiger charge is -2.34. The number of halogens is 1. The Balaban J connectivity index is 2.15. The molecule has 0 fully saturated rings. The summed E-state index contributed by atoms with van der Waals surface area (Å²) in [6, 6.07) is 4.69. The number of aliphatic carboxylic acids is 1. The van der Waals surface area contributed by atoms with Gasteiger partial charge in [0.1, 0.15) is 5.82 Å². The first kappa shape index (κ1) is 13.2. The highest BCUT2D eigenvalue weighted by Crippen LogP contribution is 2.41. The van der Waals surface area contributed by atoms with Gasteiger partial charge in [0.25, 0.3) is 0 Å². The summed E-state index contributed by atoms with van der Waals surface area (Å²) in [5, 5.41) is 9.78. The van der Waals surface area contributed by atoms with Crippen molar-refractivity contribution in [2.75, 3.05) is 0 Å². The van der Waals surface area contributed by atoms with Crippen molar-refractivity contribution in [3.63, 3.8) is 0 Å². The van der Waals surface area contributed by atoms with Crippen LogP contribution in [0.25, 0.3) is 0 Å². The number of aromatic nitrogens is 1. The van der Waals surface area contributed by atoms with Crippen molar-refractivity contribution in [3.8, 4) is 0 Å². The van der Waals surface area contributed by atoms with Crippen molar-refractivity contribution in [2.24, 2.45) is 0 Å². The van der Waals surface area contributed by atoms with E-state index in [4.69, 9.17) is 0 Å². The topological polar surface area (TPSA) is 50.2 Å². The molecule has 0 spiro atoms. The first-order chi connectivity index (χ1) is 9.54. The van der Waals surface area contributed by atoms with Crippen LogP contribution in [-0.4, -0.2) is 16.1 Å². The van der Waals surface area contributed by atoms with E-state index in [2.05, 4.69) is 4.98 Å². The number of nitrogens with zero attached hydrogens (tertiary/aromatic N) is 1. The van der Waals surface area contributed by atoms with Gasteiger partial charge in [-0.1, -0.05) is 12.1 Å². The van der Waals surface area contributed by atoms with Crippen molar-refractivity contribution >= 4 is 17.3 Å². The fourth-order valence-corrected chi connectivity index (χ4v) is 3.92. The van der Waals surface area contributed by atoms with E-state index in [9.17, 15) is 14.3 Å². The molecule has 1 heterocycles. The Labute approximate surface area is 120 Å². The summed E-state index contributed by atoms with van der Waals surface area (Å²) in [6.07, 6.45) is 1.48. The van der Waals surface area contributed by atoms with Crippen molar-refractivity contribution in [2.45, 2.75) is 31.6 Å². The molecule has 5 heteroatoms. The van der Waals surface area contributed by atoms with Gasteiger partial charge in [-0.2, -0.15) is 0 Å². The largest absolute Gasteiger partial charge is 0.481 e. The Morgan fingerprint density at radius 1 is 1.50 bits per heavy atom. The minimum absolute atomic E-state index is 0.349. The van der Waals surface area contributed by atoms with E-state index in [1.54, 1.807) is 24.6 Å². The molecule has 0 radical (unpaired) electrons. The molecule has 1 aliphatic rings. The summed E-state index contributed by atoms with van der Waals surface area (Å²) < 4.78 is 13.8. The number of benzene rings is 1. The maximum Gasteiger partial charge on any atom is 0.314 e. The molecule has 1 aromatic carbocycles. The van der Waals surface area contributed by atoms with Gasteiger partial charge in [-0.15, -0.1) is 11.3 Å².